The lowest BCUT2D eigenvalue weighted by atomic mass is 10.0. The van der Waals surface area contributed by atoms with Crippen molar-refractivity contribution >= 4 is 6.03 Å². The second kappa shape index (κ2) is 8.20. The van der Waals surface area contributed by atoms with Gasteiger partial charge in [-0.25, -0.2) is 4.79 Å². The van der Waals surface area contributed by atoms with E-state index in [1.54, 1.807) is 7.11 Å². The van der Waals surface area contributed by atoms with Crippen molar-refractivity contribution in [2.24, 2.45) is 0 Å². The summed E-state index contributed by atoms with van der Waals surface area (Å²) in [6.45, 7) is 2.69. The summed E-state index contributed by atoms with van der Waals surface area (Å²) >= 11 is 0. The number of amides is 2. The summed E-state index contributed by atoms with van der Waals surface area (Å²) < 4.78 is 5.38. The molecule has 0 radical (unpaired) electrons. The molecule has 2 rings (SSSR count). The van der Waals surface area contributed by atoms with Gasteiger partial charge < -0.3 is 20.3 Å². The Morgan fingerprint density at radius 3 is 2.74 bits per heavy atom. The van der Waals surface area contributed by atoms with Crippen LogP contribution < -0.4 is 15.4 Å². The number of carbonyl (C=O) groups is 1. The van der Waals surface area contributed by atoms with E-state index < -0.39 is 0 Å². The van der Waals surface area contributed by atoms with Gasteiger partial charge in [-0.1, -0.05) is 25.1 Å². The Kier molecular flexibility index (Phi) is 6.28. The highest BCUT2D eigenvalue weighted by Gasteiger charge is 2.27. The Labute approximate surface area is 139 Å². The molecule has 3 atom stereocenters. The minimum Gasteiger partial charge on any atom is -0.496 e. The van der Waals surface area contributed by atoms with Crippen molar-refractivity contribution in [3.63, 3.8) is 0 Å². The van der Waals surface area contributed by atoms with Crippen LogP contribution in [0.1, 0.15) is 37.7 Å². The van der Waals surface area contributed by atoms with Gasteiger partial charge in [0.1, 0.15) is 5.75 Å². The van der Waals surface area contributed by atoms with Crippen molar-refractivity contribution in [1.82, 2.24) is 15.5 Å². The zero-order valence-corrected chi connectivity index (χ0v) is 14.6. The smallest absolute Gasteiger partial charge is 0.315 e. The van der Waals surface area contributed by atoms with Crippen molar-refractivity contribution in [2.45, 2.75) is 44.2 Å². The Morgan fingerprint density at radius 1 is 1.35 bits per heavy atom. The van der Waals surface area contributed by atoms with Crippen LogP contribution in [0.2, 0.25) is 0 Å². The molecule has 23 heavy (non-hydrogen) atoms. The predicted octanol–water partition coefficient (Wildman–Crippen LogP) is 2.58. The number of hydrogen-bond acceptors (Lipinski definition) is 3. The van der Waals surface area contributed by atoms with Crippen LogP contribution in [0.3, 0.4) is 0 Å². The zero-order chi connectivity index (χ0) is 16.8. The van der Waals surface area contributed by atoms with Crippen LogP contribution in [0.5, 0.6) is 5.75 Å². The molecule has 0 saturated heterocycles. The first-order valence-corrected chi connectivity index (χ1v) is 8.35. The Balaban J connectivity index is 1.78. The van der Waals surface area contributed by atoms with E-state index in [4.69, 9.17) is 4.74 Å². The van der Waals surface area contributed by atoms with Gasteiger partial charge in [0, 0.05) is 24.5 Å². The SMILES string of the molecule is COc1ccccc1[C@H](C)CNC(=O)N[C@H]1CC[C@H](N(C)C)C1. The highest BCUT2D eigenvalue weighted by atomic mass is 16.5. The van der Waals surface area contributed by atoms with Crippen LogP contribution in [0.25, 0.3) is 0 Å². The van der Waals surface area contributed by atoms with E-state index in [2.05, 4.69) is 36.6 Å². The second-order valence-electron chi connectivity index (χ2n) is 6.62. The topological polar surface area (TPSA) is 53.6 Å². The van der Waals surface area contributed by atoms with E-state index in [-0.39, 0.29) is 18.0 Å². The fourth-order valence-corrected chi connectivity index (χ4v) is 3.22. The van der Waals surface area contributed by atoms with Gasteiger partial charge in [0.2, 0.25) is 0 Å². The maximum absolute atomic E-state index is 12.1. The first-order valence-electron chi connectivity index (χ1n) is 8.35. The van der Waals surface area contributed by atoms with Gasteiger partial charge in [0.25, 0.3) is 0 Å². The van der Waals surface area contributed by atoms with Crippen molar-refractivity contribution in [3.05, 3.63) is 29.8 Å². The molecule has 0 bridgehead atoms. The molecule has 0 unspecified atom stereocenters. The summed E-state index contributed by atoms with van der Waals surface area (Å²) in [4.78, 5) is 14.3. The average Bonchev–Trinajstić information content (AvgIpc) is 3.01. The quantitative estimate of drug-likeness (QED) is 0.847. The van der Waals surface area contributed by atoms with Crippen LogP contribution in [0, 0.1) is 0 Å². The maximum atomic E-state index is 12.1. The van der Waals surface area contributed by atoms with Gasteiger partial charge in [-0.15, -0.1) is 0 Å². The Morgan fingerprint density at radius 2 is 2.09 bits per heavy atom. The van der Waals surface area contributed by atoms with Crippen molar-refractivity contribution in [3.8, 4) is 5.75 Å². The summed E-state index contributed by atoms with van der Waals surface area (Å²) in [6.07, 6.45) is 3.23. The number of rotatable bonds is 6. The van der Waals surface area contributed by atoms with Crippen molar-refractivity contribution < 1.29 is 9.53 Å². The third-order valence-electron chi connectivity index (χ3n) is 4.71. The lowest BCUT2D eigenvalue weighted by Gasteiger charge is -2.20. The summed E-state index contributed by atoms with van der Waals surface area (Å²) in [5.41, 5.74) is 1.11. The summed E-state index contributed by atoms with van der Waals surface area (Å²) in [5.74, 6) is 1.07. The molecular weight excluding hydrogens is 290 g/mol. The lowest BCUT2D eigenvalue weighted by Crippen LogP contribution is -2.42. The highest BCUT2D eigenvalue weighted by Crippen LogP contribution is 2.25. The predicted molar refractivity (Wildman–Crippen MR) is 93.1 cm³/mol. The second-order valence-corrected chi connectivity index (χ2v) is 6.62. The maximum Gasteiger partial charge on any atom is 0.315 e. The fourth-order valence-electron chi connectivity index (χ4n) is 3.22. The lowest BCUT2D eigenvalue weighted by molar-refractivity contribution is 0.235. The first-order chi connectivity index (χ1) is 11.0. The number of para-hydroxylation sites is 1. The highest BCUT2D eigenvalue weighted by molar-refractivity contribution is 5.74. The van der Waals surface area contributed by atoms with Gasteiger partial charge in [0.15, 0.2) is 0 Å². The van der Waals surface area contributed by atoms with Crippen LogP contribution in [-0.4, -0.2) is 50.8 Å². The monoisotopic (exact) mass is 319 g/mol. The molecule has 2 amide bonds. The molecule has 0 aromatic heterocycles. The molecule has 1 saturated carbocycles. The van der Waals surface area contributed by atoms with E-state index in [0.29, 0.717) is 12.6 Å². The van der Waals surface area contributed by atoms with Gasteiger partial charge in [-0.05, 0) is 45.0 Å². The first kappa shape index (κ1) is 17.6. The van der Waals surface area contributed by atoms with E-state index in [9.17, 15) is 4.79 Å². The van der Waals surface area contributed by atoms with E-state index in [1.165, 1.54) is 0 Å². The molecule has 5 nitrogen and oxygen atoms in total. The number of hydrogen-bond donors (Lipinski definition) is 2. The largest absolute Gasteiger partial charge is 0.496 e. The molecule has 1 aromatic rings. The molecular formula is C18H29N3O2. The third-order valence-corrected chi connectivity index (χ3v) is 4.71. The van der Waals surface area contributed by atoms with E-state index in [1.807, 2.05) is 24.3 Å². The molecule has 1 aliphatic carbocycles. The van der Waals surface area contributed by atoms with E-state index >= 15 is 0 Å². The number of benzene rings is 1. The molecule has 0 spiro atoms. The molecule has 0 heterocycles. The molecule has 128 valence electrons. The number of nitrogens with zero attached hydrogens (tertiary/aromatic N) is 1. The van der Waals surface area contributed by atoms with Crippen molar-refractivity contribution in [1.29, 1.82) is 0 Å². The molecule has 1 fully saturated rings. The fraction of sp³-hybridized carbons (Fsp3) is 0.611. The zero-order valence-electron chi connectivity index (χ0n) is 14.6. The number of ether oxygens (including phenoxy) is 1. The Hall–Kier alpha value is -1.75. The third kappa shape index (κ3) is 4.86. The minimum atomic E-state index is -0.0730. The normalized spacial score (nSPS) is 22.0. The minimum absolute atomic E-state index is 0.0730. The van der Waals surface area contributed by atoms with Gasteiger partial charge in [0.05, 0.1) is 7.11 Å². The van der Waals surface area contributed by atoms with Crippen LogP contribution >= 0.6 is 0 Å². The van der Waals surface area contributed by atoms with Crippen LogP contribution in [0.4, 0.5) is 4.79 Å². The standard InChI is InChI=1S/C18H29N3O2/c1-13(16-7-5-6-8-17(16)23-4)12-19-18(22)20-14-9-10-15(11-14)21(2)3/h5-8,13-15H,9-12H2,1-4H3,(H2,19,20,22)/t13-,14+,15+/m1/s1. The molecule has 0 aliphatic heterocycles. The molecule has 1 aliphatic rings. The van der Waals surface area contributed by atoms with Crippen LogP contribution in [-0.2, 0) is 0 Å². The van der Waals surface area contributed by atoms with Gasteiger partial charge in [-0.2, -0.15) is 0 Å². The summed E-state index contributed by atoms with van der Waals surface area (Å²) in [7, 11) is 5.87. The summed E-state index contributed by atoms with van der Waals surface area (Å²) in [6, 6.07) is 8.73. The van der Waals surface area contributed by atoms with Crippen LogP contribution in [0.15, 0.2) is 24.3 Å². The average molecular weight is 319 g/mol. The van der Waals surface area contributed by atoms with Gasteiger partial charge >= 0.3 is 6.03 Å². The number of methoxy groups -OCH3 is 1. The number of nitrogens with one attached hydrogen (secondary N) is 2. The van der Waals surface area contributed by atoms with Gasteiger partial charge in [-0.3, -0.25) is 0 Å². The molecule has 2 N–H and O–H groups in total. The molecule has 5 heteroatoms. The summed E-state index contributed by atoms with van der Waals surface area (Å²) in [5, 5.41) is 6.08. The Bertz CT molecular complexity index is 519. The number of carbonyl (C=O) groups excluding carboxylic acids is 1. The molecule has 1 aromatic carbocycles. The number of urea groups is 1. The van der Waals surface area contributed by atoms with Crippen molar-refractivity contribution in [2.75, 3.05) is 27.7 Å². The van der Waals surface area contributed by atoms with E-state index in [0.717, 1.165) is 30.6 Å².